The van der Waals surface area contributed by atoms with Crippen molar-refractivity contribution in [1.82, 2.24) is 0 Å². The van der Waals surface area contributed by atoms with Crippen molar-refractivity contribution in [1.29, 1.82) is 0 Å². The molecule has 27 heavy (non-hydrogen) atoms. The number of alkyl halides is 3. The van der Waals surface area contributed by atoms with Gasteiger partial charge in [-0.25, -0.2) is 4.39 Å². The lowest BCUT2D eigenvalue weighted by Crippen LogP contribution is -2.22. The van der Waals surface area contributed by atoms with Crippen LogP contribution >= 0.6 is 11.3 Å². The minimum Gasteiger partial charge on any atom is -0.319 e. The molecule has 2 aromatic carbocycles. The van der Waals surface area contributed by atoms with E-state index in [2.05, 4.69) is 5.32 Å². The molecule has 138 valence electrons. The summed E-state index contributed by atoms with van der Waals surface area (Å²) < 4.78 is 51.4. The molecule has 3 rings (SSSR count). The van der Waals surface area contributed by atoms with Crippen LogP contribution in [0.3, 0.4) is 0 Å². The summed E-state index contributed by atoms with van der Waals surface area (Å²) in [5.74, 6) is -3.06. The van der Waals surface area contributed by atoms with Crippen molar-refractivity contribution in [3.05, 3.63) is 76.9 Å². The van der Waals surface area contributed by atoms with E-state index in [0.29, 0.717) is 10.4 Å². The zero-order valence-electron chi connectivity index (χ0n) is 13.5. The number of thiophene rings is 1. The maximum atomic E-state index is 13.6. The third kappa shape index (κ3) is 4.22. The number of benzene rings is 2. The van der Waals surface area contributed by atoms with Crippen LogP contribution in [0, 0.1) is 5.82 Å². The molecule has 0 aliphatic heterocycles. The minimum atomic E-state index is -4.96. The molecule has 0 radical (unpaired) electrons. The van der Waals surface area contributed by atoms with Gasteiger partial charge in [0.05, 0.1) is 10.6 Å². The summed E-state index contributed by atoms with van der Waals surface area (Å²) in [6, 6.07) is 13.8. The third-order valence-electron chi connectivity index (χ3n) is 3.62. The van der Waals surface area contributed by atoms with Crippen LogP contribution in [0.25, 0.3) is 10.4 Å². The number of carbonyl (C=O) groups excluding carboxylic acids is 2. The zero-order valence-corrected chi connectivity index (χ0v) is 14.3. The maximum Gasteiger partial charge on any atom is 0.454 e. The van der Waals surface area contributed by atoms with E-state index in [4.69, 9.17) is 0 Å². The normalized spacial score (nSPS) is 11.3. The molecule has 0 aliphatic rings. The van der Waals surface area contributed by atoms with Gasteiger partial charge in [0.25, 0.3) is 11.7 Å². The predicted molar refractivity (Wildman–Crippen MR) is 94.5 cm³/mol. The summed E-state index contributed by atoms with van der Waals surface area (Å²) in [6.45, 7) is 0. The largest absolute Gasteiger partial charge is 0.454 e. The molecule has 1 N–H and O–H groups in total. The molecule has 0 saturated carbocycles. The topological polar surface area (TPSA) is 46.2 Å². The number of Topliss-reactive ketones (excluding diaryl/α,β-unsaturated/α-hetero) is 1. The lowest BCUT2D eigenvalue weighted by molar-refractivity contribution is -0.0885. The van der Waals surface area contributed by atoms with Crippen molar-refractivity contribution in [2.24, 2.45) is 0 Å². The average Bonchev–Trinajstić information content (AvgIpc) is 3.13. The maximum absolute atomic E-state index is 13.6. The number of carbonyl (C=O) groups is 2. The van der Waals surface area contributed by atoms with Crippen LogP contribution in [0.1, 0.15) is 20.0 Å². The molecule has 1 amide bonds. The Hall–Kier alpha value is -3.00. The molecule has 0 aliphatic carbocycles. The molecule has 0 bridgehead atoms. The van der Waals surface area contributed by atoms with E-state index in [0.717, 1.165) is 23.5 Å². The van der Waals surface area contributed by atoms with E-state index in [-0.39, 0.29) is 10.6 Å². The molecule has 0 saturated heterocycles. The number of hydrogen-bond donors (Lipinski definition) is 1. The fraction of sp³-hybridized carbons (Fsp3) is 0.0526. The highest BCUT2D eigenvalue weighted by Crippen LogP contribution is 2.31. The highest BCUT2D eigenvalue weighted by Gasteiger charge is 2.39. The summed E-state index contributed by atoms with van der Waals surface area (Å²) in [7, 11) is 0. The summed E-state index contributed by atoms with van der Waals surface area (Å²) in [6.07, 6.45) is -4.96. The molecule has 1 heterocycles. The first kappa shape index (κ1) is 18.8. The van der Waals surface area contributed by atoms with E-state index < -0.39 is 29.2 Å². The number of ketones is 1. The van der Waals surface area contributed by atoms with Crippen LogP contribution in [0.15, 0.2) is 60.7 Å². The highest BCUT2D eigenvalue weighted by atomic mass is 32.1. The van der Waals surface area contributed by atoms with E-state index in [1.54, 1.807) is 12.1 Å². The Labute approximate surface area is 155 Å². The summed E-state index contributed by atoms with van der Waals surface area (Å²) >= 11 is 1.02. The standard InChI is InChI=1S/C19H11F4NO2S/c20-13-6-1-2-7-14(13)24-18(26)16-9-8-15(27-16)11-4-3-5-12(10-11)17(25)19(21,22)23/h1-10H,(H,24,26). The molecule has 0 atom stereocenters. The fourth-order valence-corrected chi connectivity index (χ4v) is 3.24. The molecule has 8 heteroatoms. The predicted octanol–water partition coefficient (Wildman–Crippen LogP) is 5.55. The Morgan fingerprint density at radius 3 is 2.37 bits per heavy atom. The molecule has 0 fully saturated rings. The van der Waals surface area contributed by atoms with Crippen molar-refractivity contribution in [3.63, 3.8) is 0 Å². The van der Waals surface area contributed by atoms with Gasteiger partial charge in [-0.15, -0.1) is 11.3 Å². The third-order valence-corrected chi connectivity index (χ3v) is 4.75. The van der Waals surface area contributed by atoms with Crippen LogP contribution in [-0.4, -0.2) is 17.9 Å². The first-order chi connectivity index (χ1) is 12.8. The molecule has 3 aromatic rings. The number of hydrogen-bond acceptors (Lipinski definition) is 3. The van der Waals surface area contributed by atoms with Gasteiger partial charge in [0.1, 0.15) is 5.82 Å². The second-order valence-corrected chi connectivity index (χ2v) is 6.59. The molecule has 1 aromatic heterocycles. The van der Waals surface area contributed by atoms with Crippen LogP contribution in [0.2, 0.25) is 0 Å². The number of nitrogens with one attached hydrogen (secondary N) is 1. The molecular formula is C19H11F4NO2S. The fourth-order valence-electron chi connectivity index (χ4n) is 2.34. The van der Waals surface area contributed by atoms with Crippen molar-refractivity contribution in [3.8, 4) is 10.4 Å². The zero-order chi connectivity index (χ0) is 19.6. The number of halogens is 4. The van der Waals surface area contributed by atoms with Gasteiger partial charge in [-0.3, -0.25) is 9.59 Å². The van der Waals surface area contributed by atoms with Crippen LogP contribution in [0.4, 0.5) is 23.2 Å². The van der Waals surface area contributed by atoms with E-state index in [9.17, 15) is 27.2 Å². The smallest absolute Gasteiger partial charge is 0.319 e. The average molecular weight is 393 g/mol. The second-order valence-electron chi connectivity index (χ2n) is 5.51. The van der Waals surface area contributed by atoms with Gasteiger partial charge in [-0.2, -0.15) is 13.2 Å². The monoisotopic (exact) mass is 393 g/mol. The van der Waals surface area contributed by atoms with Crippen molar-refractivity contribution in [2.45, 2.75) is 6.18 Å². The minimum absolute atomic E-state index is 0.0234. The van der Waals surface area contributed by atoms with Gasteiger partial charge in [0.2, 0.25) is 0 Å². The first-order valence-electron chi connectivity index (χ1n) is 7.63. The molecule has 0 unspecified atom stereocenters. The highest BCUT2D eigenvalue weighted by molar-refractivity contribution is 7.17. The lowest BCUT2D eigenvalue weighted by Gasteiger charge is -2.06. The van der Waals surface area contributed by atoms with Crippen molar-refractivity contribution in [2.75, 3.05) is 5.32 Å². The van der Waals surface area contributed by atoms with Crippen LogP contribution in [-0.2, 0) is 0 Å². The van der Waals surface area contributed by atoms with E-state index in [1.165, 1.54) is 36.4 Å². The molecular weight excluding hydrogens is 382 g/mol. The van der Waals surface area contributed by atoms with Crippen LogP contribution < -0.4 is 5.32 Å². The number of para-hydroxylation sites is 1. The van der Waals surface area contributed by atoms with Crippen molar-refractivity contribution >= 4 is 28.7 Å². The number of anilines is 1. The van der Waals surface area contributed by atoms with Gasteiger partial charge >= 0.3 is 6.18 Å². The SMILES string of the molecule is O=C(Nc1ccccc1F)c1ccc(-c2cccc(C(=O)C(F)(F)F)c2)s1. The summed E-state index contributed by atoms with van der Waals surface area (Å²) in [5, 5.41) is 2.43. The summed E-state index contributed by atoms with van der Waals surface area (Å²) in [4.78, 5) is 24.4. The molecule has 3 nitrogen and oxygen atoms in total. The van der Waals surface area contributed by atoms with Crippen LogP contribution in [0.5, 0.6) is 0 Å². The second kappa shape index (κ2) is 7.32. The Morgan fingerprint density at radius 2 is 1.67 bits per heavy atom. The van der Waals surface area contributed by atoms with Gasteiger partial charge in [-0.1, -0.05) is 30.3 Å². The van der Waals surface area contributed by atoms with Gasteiger partial charge in [-0.05, 0) is 35.9 Å². The van der Waals surface area contributed by atoms with E-state index >= 15 is 0 Å². The van der Waals surface area contributed by atoms with Gasteiger partial charge < -0.3 is 5.32 Å². The summed E-state index contributed by atoms with van der Waals surface area (Å²) in [5.41, 5.74) is -0.0824. The Balaban J connectivity index is 1.83. The molecule has 0 spiro atoms. The van der Waals surface area contributed by atoms with Gasteiger partial charge in [0, 0.05) is 10.4 Å². The van der Waals surface area contributed by atoms with Crippen molar-refractivity contribution < 1.29 is 27.2 Å². The Kier molecular flexibility index (Phi) is 5.09. The lowest BCUT2D eigenvalue weighted by atomic mass is 10.1. The first-order valence-corrected chi connectivity index (χ1v) is 8.45. The van der Waals surface area contributed by atoms with Gasteiger partial charge in [0.15, 0.2) is 0 Å². The number of rotatable bonds is 4. The van der Waals surface area contributed by atoms with E-state index in [1.807, 2.05) is 0 Å². The quantitative estimate of drug-likeness (QED) is 0.467. The Morgan fingerprint density at radius 1 is 0.926 bits per heavy atom. The Bertz CT molecular complexity index is 1010. The number of amides is 1.